The number of aliphatic hydroxyl groups is 1. The molecule has 1 aliphatic rings. The summed E-state index contributed by atoms with van der Waals surface area (Å²) < 4.78 is 27.3. The monoisotopic (exact) mass is 420 g/mol. The Bertz CT molecular complexity index is 584. The summed E-state index contributed by atoms with van der Waals surface area (Å²) in [4.78, 5) is 34.6. The van der Waals surface area contributed by atoms with Gasteiger partial charge >= 0.3 is 17.9 Å². The molecule has 1 saturated heterocycles. The molecule has 0 radical (unpaired) electrons. The average molecular weight is 421 g/mol. The van der Waals surface area contributed by atoms with E-state index in [2.05, 4.69) is 20.8 Å². The van der Waals surface area contributed by atoms with Crippen molar-refractivity contribution in [3.8, 4) is 0 Å². The summed E-state index contributed by atoms with van der Waals surface area (Å²) in [7, 11) is -2.17. The topological polar surface area (TPSA) is 118 Å². The molecule has 0 aromatic heterocycles. The molecule has 10 heteroatoms. The maximum Gasteiger partial charge on any atom is 0.303 e. The molecule has 28 heavy (non-hydrogen) atoms. The Labute approximate surface area is 166 Å². The fourth-order valence-electron chi connectivity index (χ4n) is 2.51. The lowest BCUT2D eigenvalue weighted by Gasteiger charge is -2.44. The standard InChI is InChI=1S/C18H32O9Si/c1-10(19)24-14-13(9-23-28(7,8)18(4,5)6)27-17(22)16(26-12(3)21)15(14)25-11(2)20/h13-17,22H,9H2,1-8H3/t13?,14-,15?,16?,17+/m1/s1. The quantitative estimate of drug-likeness (QED) is 0.387. The molecule has 0 aromatic rings. The zero-order valence-electron chi connectivity index (χ0n) is 17.8. The summed E-state index contributed by atoms with van der Waals surface area (Å²) in [5.74, 6) is -2.03. The minimum absolute atomic E-state index is 0.00998. The SMILES string of the molecule is CC(=O)OC1C(OC(C)=O)[C@@H](O)OC(CO[Si](C)(C)C(C)(C)C)[C@H]1OC(C)=O. The van der Waals surface area contributed by atoms with E-state index >= 15 is 0 Å². The summed E-state index contributed by atoms with van der Waals surface area (Å²) in [5.41, 5.74) is 0. The van der Waals surface area contributed by atoms with Gasteiger partial charge in [-0.05, 0) is 18.1 Å². The van der Waals surface area contributed by atoms with Crippen molar-refractivity contribution >= 4 is 26.2 Å². The van der Waals surface area contributed by atoms with E-state index in [0.29, 0.717) is 0 Å². The lowest BCUT2D eigenvalue weighted by Crippen LogP contribution is -2.62. The summed E-state index contributed by atoms with van der Waals surface area (Å²) in [6.07, 6.45) is -6.17. The summed E-state index contributed by atoms with van der Waals surface area (Å²) in [6.45, 7) is 13.8. The van der Waals surface area contributed by atoms with Gasteiger partial charge in [0.25, 0.3) is 0 Å². The lowest BCUT2D eigenvalue weighted by molar-refractivity contribution is -0.294. The molecule has 1 rings (SSSR count). The first-order chi connectivity index (χ1) is 12.7. The highest BCUT2D eigenvalue weighted by Gasteiger charge is 2.52. The number of carbonyl (C=O) groups excluding carboxylic acids is 3. The van der Waals surface area contributed by atoms with E-state index in [1.54, 1.807) is 0 Å². The van der Waals surface area contributed by atoms with Crippen LogP contribution in [0.1, 0.15) is 41.5 Å². The van der Waals surface area contributed by atoms with Crippen molar-refractivity contribution in [1.29, 1.82) is 0 Å². The van der Waals surface area contributed by atoms with Crippen LogP contribution >= 0.6 is 0 Å². The third kappa shape index (κ3) is 6.54. The summed E-state index contributed by atoms with van der Waals surface area (Å²) in [5, 5.41) is 10.3. The van der Waals surface area contributed by atoms with E-state index in [4.69, 9.17) is 23.4 Å². The Kier molecular flexibility index (Phi) is 8.18. The van der Waals surface area contributed by atoms with Crippen LogP contribution in [0, 0.1) is 0 Å². The van der Waals surface area contributed by atoms with Gasteiger partial charge in [0.2, 0.25) is 0 Å². The molecule has 0 spiro atoms. The Balaban J connectivity index is 3.15. The molecule has 0 aliphatic carbocycles. The number of hydrogen-bond acceptors (Lipinski definition) is 9. The highest BCUT2D eigenvalue weighted by molar-refractivity contribution is 6.74. The van der Waals surface area contributed by atoms with Crippen LogP contribution in [0.4, 0.5) is 0 Å². The van der Waals surface area contributed by atoms with E-state index in [1.165, 1.54) is 13.8 Å². The predicted molar refractivity (Wildman–Crippen MR) is 101 cm³/mol. The molecule has 1 fully saturated rings. The minimum Gasteiger partial charge on any atom is -0.456 e. The molecule has 0 aromatic carbocycles. The highest BCUT2D eigenvalue weighted by Crippen LogP contribution is 2.37. The Morgan fingerprint density at radius 3 is 1.75 bits per heavy atom. The summed E-state index contributed by atoms with van der Waals surface area (Å²) in [6, 6.07) is 0. The molecule has 1 aliphatic heterocycles. The van der Waals surface area contributed by atoms with Gasteiger partial charge in [-0.1, -0.05) is 20.8 Å². The number of carbonyl (C=O) groups is 3. The molecule has 0 amide bonds. The van der Waals surface area contributed by atoms with Crippen LogP contribution in [-0.4, -0.2) is 68.6 Å². The largest absolute Gasteiger partial charge is 0.456 e. The molecule has 0 saturated carbocycles. The van der Waals surface area contributed by atoms with Crippen molar-refractivity contribution in [2.75, 3.05) is 6.61 Å². The number of esters is 3. The van der Waals surface area contributed by atoms with Crippen molar-refractivity contribution in [3.63, 3.8) is 0 Å². The smallest absolute Gasteiger partial charge is 0.303 e. The zero-order chi connectivity index (χ0) is 21.9. The van der Waals surface area contributed by atoms with Crippen LogP contribution in [0.5, 0.6) is 0 Å². The molecule has 1 heterocycles. The normalized spacial score (nSPS) is 28.4. The van der Waals surface area contributed by atoms with Gasteiger partial charge in [0, 0.05) is 20.8 Å². The zero-order valence-corrected chi connectivity index (χ0v) is 18.8. The van der Waals surface area contributed by atoms with Crippen LogP contribution in [0.2, 0.25) is 18.1 Å². The molecule has 3 unspecified atom stereocenters. The van der Waals surface area contributed by atoms with Crippen molar-refractivity contribution < 1.29 is 42.9 Å². The van der Waals surface area contributed by atoms with Crippen molar-refractivity contribution in [3.05, 3.63) is 0 Å². The maximum absolute atomic E-state index is 11.6. The van der Waals surface area contributed by atoms with Gasteiger partial charge < -0.3 is 28.5 Å². The number of rotatable bonds is 6. The first-order valence-corrected chi connectivity index (χ1v) is 12.1. The van der Waals surface area contributed by atoms with E-state index in [0.717, 1.165) is 6.92 Å². The van der Waals surface area contributed by atoms with Gasteiger partial charge in [0.15, 0.2) is 32.9 Å². The van der Waals surface area contributed by atoms with Crippen LogP contribution in [0.15, 0.2) is 0 Å². The molecule has 1 N–H and O–H groups in total. The van der Waals surface area contributed by atoms with Gasteiger partial charge in [-0.25, -0.2) is 0 Å². The van der Waals surface area contributed by atoms with Crippen molar-refractivity contribution in [1.82, 2.24) is 0 Å². The van der Waals surface area contributed by atoms with E-state index < -0.39 is 56.9 Å². The Morgan fingerprint density at radius 1 is 0.893 bits per heavy atom. The Hall–Kier alpha value is -1.49. The number of aliphatic hydroxyl groups excluding tert-OH is 1. The summed E-state index contributed by atoms with van der Waals surface area (Å²) >= 11 is 0. The molecule has 9 nitrogen and oxygen atoms in total. The van der Waals surface area contributed by atoms with Crippen LogP contribution in [-0.2, 0) is 37.8 Å². The fourth-order valence-corrected chi connectivity index (χ4v) is 3.53. The van der Waals surface area contributed by atoms with Gasteiger partial charge in [0.05, 0.1) is 6.61 Å². The minimum atomic E-state index is -2.17. The predicted octanol–water partition coefficient (Wildman–Crippen LogP) is 1.52. The van der Waals surface area contributed by atoms with Gasteiger partial charge in [-0.3, -0.25) is 14.4 Å². The third-order valence-electron chi connectivity index (χ3n) is 4.93. The second-order valence-electron chi connectivity index (χ2n) is 8.36. The maximum atomic E-state index is 11.6. The molecular weight excluding hydrogens is 388 g/mol. The van der Waals surface area contributed by atoms with Crippen molar-refractivity contribution in [2.24, 2.45) is 0 Å². The van der Waals surface area contributed by atoms with Gasteiger partial charge in [0.1, 0.15) is 6.10 Å². The molecule has 0 bridgehead atoms. The fraction of sp³-hybridized carbons (Fsp3) is 0.833. The van der Waals surface area contributed by atoms with E-state index in [1.807, 2.05) is 13.1 Å². The first-order valence-electron chi connectivity index (χ1n) is 9.15. The van der Waals surface area contributed by atoms with E-state index in [-0.39, 0.29) is 11.6 Å². The molecule has 5 atom stereocenters. The number of hydrogen-bond donors (Lipinski definition) is 1. The first kappa shape index (κ1) is 24.5. The third-order valence-corrected chi connectivity index (χ3v) is 9.43. The second kappa shape index (κ2) is 9.34. The van der Waals surface area contributed by atoms with Crippen LogP contribution < -0.4 is 0 Å². The molecule has 162 valence electrons. The average Bonchev–Trinajstić information content (AvgIpc) is 2.49. The van der Waals surface area contributed by atoms with Crippen LogP contribution in [0.25, 0.3) is 0 Å². The van der Waals surface area contributed by atoms with Gasteiger partial charge in [-0.15, -0.1) is 0 Å². The van der Waals surface area contributed by atoms with Crippen molar-refractivity contribution in [2.45, 2.75) is 90.4 Å². The second-order valence-corrected chi connectivity index (χ2v) is 13.2. The van der Waals surface area contributed by atoms with Gasteiger partial charge in [-0.2, -0.15) is 0 Å². The number of ether oxygens (including phenoxy) is 4. The molecular formula is C18H32O9Si. The highest BCUT2D eigenvalue weighted by atomic mass is 28.4. The Morgan fingerprint density at radius 2 is 1.32 bits per heavy atom. The lowest BCUT2D eigenvalue weighted by atomic mass is 9.98. The van der Waals surface area contributed by atoms with Crippen LogP contribution in [0.3, 0.4) is 0 Å². The van der Waals surface area contributed by atoms with E-state index in [9.17, 15) is 19.5 Å².